The Kier molecular flexibility index (Phi) is 6.71. The number of hydrogen-bond acceptors (Lipinski definition) is 3. The molecule has 0 atom stereocenters. The first-order chi connectivity index (χ1) is 10.3. The van der Waals surface area contributed by atoms with Gasteiger partial charge in [0.15, 0.2) is 0 Å². The zero-order valence-electron chi connectivity index (χ0n) is 14.0. The molecule has 1 aromatic rings. The Labute approximate surface area is 129 Å². The van der Waals surface area contributed by atoms with E-state index < -0.39 is 0 Å². The van der Waals surface area contributed by atoms with Gasteiger partial charge in [-0.05, 0) is 57.8 Å². The number of likely N-dealkylation sites (tertiary alicyclic amines) is 1. The summed E-state index contributed by atoms with van der Waals surface area (Å²) >= 11 is 0. The van der Waals surface area contributed by atoms with Crippen molar-refractivity contribution >= 4 is 0 Å². The van der Waals surface area contributed by atoms with E-state index in [0.717, 1.165) is 19.4 Å². The van der Waals surface area contributed by atoms with E-state index >= 15 is 0 Å². The fourth-order valence-electron chi connectivity index (χ4n) is 3.26. The van der Waals surface area contributed by atoms with Gasteiger partial charge < -0.3 is 10.2 Å². The molecule has 0 aromatic carbocycles. The van der Waals surface area contributed by atoms with Gasteiger partial charge in [-0.1, -0.05) is 20.8 Å². The fourth-order valence-corrected chi connectivity index (χ4v) is 3.26. The van der Waals surface area contributed by atoms with Crippen molar-refractivity contribution in [1.29, 1.82) is 0 Å². The molecule has 0 aliphatic carbocycles. The molecule has 1 aliphatic rings. The predicted octanol–water partition coefficient (Wildman–Crippen LogP) is 3.21. The van der Waals surface area contributed by atoms with Crippen LogP contribution in [0.1, 0.15) is 64.6 Å². The first kappa shape index (κ1) is 16.5. The molecule has 0 radical (unpaired) electrons. The highest BCUT2D eigenvalue weighted by Crippen LogP contribution is 2.15. The lowest BCUT2D eigenvalue weighted by molar-refractivity contribution is 0.197. The van der Waals surface area contributed by atoms with Gasteiger partial charge in [0, 0.05) is 18.8 Å². The molecule has 2 heterocycles. The highest BCUT2D eigenvalue weighted by atomic mass is 15.3. The summed E-state index contributed by atoms with van der Waals surface area (Å²) in [4.78, 5) is 2.58. The third-order valence-corrected chi connectivity index (χ3v) is 4.68. The molecule has 1 aromatic heterocycles. The average Bonchev–Trinajstić information content (AvgIpc) is 2.97. The molecule has 1 aliphatic heterocycles. The molecule has 2 rings (SSSR count). The summed E-state index contributed by atoms with van der Waals surface area (Å²) in [5.41, 5.74) is 1.18. The van der Waals surface area contributed by atoms with Crippen molar-refractivity contribution in [3.05, 3.63) is 18.0 Å². The number of nitrogens with zero attached hydrogens (tertiary/aromatic N) is 3. The van der Waals surface area contributed by atoms with Crippen molar-refractivity contribution in [2.45, 2.75) is 71.5 Å². The summed E-state index contributed by atoms with van der Waals surface area (Å²) in [6.45, 7) is 11.4. The van der Waals surface area contributed by atoms with Gasteiger partial charge in [-0.3, -0.25) is 4.68 Å². The Bertz CT molecular complexity index is 389. The SMILES string of the molecule is CCCN1CCC(NCc2ccn(C(CC)CC)n2)CC1. The minimum Gasteiger partial charge on any atom is -0.308 e. The van der Waals surface area contributed by atoms with Crippen molar-refractivity contribution in [3.63, 3.8) is 0 Å². The van der Waals surface area contributed by atoms with Crippen LogP contribution in [0.15, 0.2) is 12.3 Å². The average molecular weight is 292 g/mol. The Morgan fingerprint density at radius 3 is 2.57 bits per heavy atom. The third-order valence-electron chi connectivity index (χ3n) is 4.68. The van der Waals surface area contributed by atoms with Crippen LogP contribution < -0.4 is 5.32 Å². The lowest BCUT2D eigenvalue weighted by Crippen LogP contribution is -2.42. The monoisotopic (exact) mass is 292 g/mol. The second kappa shape index (κ2) is 8.54. The van der Waals surface area contributed by atoms with Crippen LogP contribution >= 0.6 is 0 Å². The van der Waals surface area contributed by atoms with E-state index in [-0.39, 0.29) is 0 Å². The molecule has 0 spiro atoms. The van der Waals surface area contributed by atoms with Gasteiger partial charge in [0.2, 0.25) is 0 Å². The minimum atomic E-state index is 0.552. The zero-order chi connectivity index (χ0) is 15.1. The summed E-state index contributed by atoms with van der Waals surface area (Å²) < 4.78 is 2.14. The molecule has 120 valence electrons. The van der Waals surface area contributed by atoms with Crippen LogP contribution in [0, 0.1) is 0 Å². The van der Waals surface area contributed by atoms with Crippen LogP contribution in [0.4, 0.5) is 0 Å². The second-order valence-electron chi connectivity index (χ2n) is 6.25. The Hall–Kier alpha value is -0.870. The van der Waals surface area contributed by atoms with Gasteiger partial charge in [-0.2, -0.15) is 5.10 Å². The molecule has 4 heteroatoms. The van der Waals surface area contributed by atoms with Crippen LogP contribution in [0.5, 0.6) is 0 Å². The van der Waals surface area contributed by atoms with Crippen molar-refractivity contribution in [2.24, 2.45) is 0 Å². The molecule has 1 fully saturated rings. The molecule has 0 bridgehead atoms. The number of hydrogen-bond donors (Lipinski definition) is 1. The van der Waals surface area contributed by atoms with E-state index in [9.17, 15) is 0 Å². The van der Waals surface area contributed by atoms with Crippen molar-refractivity contribution in [2.75, 3.05) is 19.6 Å². The fraction of sp³-hybridized carbons (Fsp3) is 0.824. The summed E-state index contributed by atoms with van der Waals surface area (Å²) in [5.74, 6) is 0. The normalized spacial score (nSPS) is 17.7. The number of piperidine rings is 1. The third kappa shape index (κ3) is 4.82. The quantitative estimate of drug-likeness (QED) is 0.798. The lowest BCUT2D eigenvalue weighted by Gasteiger charge is -2.32. The van der Waals surface area contributed by atoms with Gasteiger partial charge in [0.25, 0.3) is 0 Å². The lowest BCUT2D eigenvalue weighted by atomic mass is 10.0. The molecule has 1 saturated heterocycles. The Morgan fingerprint density at radius 2 is 1.95 bits per heavy atom. The summed E-state index contributed by atoms with van der Waals surface area (Å²) in [6.07, 6.45) is 8.26. The molecule has 21 heavy (non-hydrogen) atoms. The van der Waals surface area contributed by atoms with Gasteiger partial charge in [-0.15, -0.1) is 0 Å². The van der Waals surface area contributed by atoms with Crippen LogP contribution in [0.25, 0.3) is 0 Å². The van der Waals surface area contributed by atoms with Crippen molar-refractivity contribution in [3.8, 4) is 0 Å². The number of rotatable bonds is 8. The van der Waals surface area contributed by atoms with Gasteiger partial charge in [0.05, 0.1) is 11.7 Å². The van der Waals surface area contributed by atoms with Gasteiger partial charge in [-0.25, -0.2) is 0 Å². The number of aromatic nitrogens is 2. The second-order valence-corrected chi connectivity index (χ2v) is 6.25. The first-order valence-electron chi connectivity index (χ1n) is 8.76. The topological polar surface area (TPSA) is 33.1 Å². The molecule has 0 amide bonds. The van der Waals surface area contributed by atoms with E-state index in [1.54, 1.807) is 0 Å². The van der Waals surface area contributed by atoms with E-state index in [2.05, 4.69) is 47.9 Å². The highest BCUT2D eigenvalue weighted by molar-refractivity contribution is 5.00. The highest BCUT2D eigenvalue weighted by Gasteiger charge is 2.18. The van der Waals surface area contributed by atoms with Crippen LogP contribution in [0.2, 0.25) is 0 Å². The van der Waals surface area contributed by atoms with E-state index in [1.165, 1.54) is 44.6 Å². The van der Waals surface area contributed by atoms with Gasteiger partial charge >= 0.3 is 0 Å². The maximum Gasteiger partial charge on any atom is 0.0762 e. The molecule has 0 unspecified atom stereocenters. The summed E-state index contributed by atoms with van der Waals surface area (Å²) in [5, 5.41) is 8.41. The van der Waals surface area contributed by atoms with E-state index in [0.29, 0.717) is 12.1 Å². The number of nitrogens with one attached hydrogen (secondary N) is 1. The molecular formula is C17H32N4. The van der Waals surface area contributed by atoms with Gasteiger partial charge in [0.1, 0.15) is 0 Å². The molecule has 0 saturated carbocycles. The largest absolute Gasteiger partial charge is 0.308 e. The minimum absolute atomic E-state index is 0.552. The first-order valence-corrected chi connectivity index (χ1v) is 8.76. The predicted molar refractivity (Wildman–Crippen MR) is 88.4 cm³/mol. The van der Waals surface area contributed by atoms with Crippen LogP contribution in [-0.2, 0) is 6.54 Å². The maximum atomic E-state index is 4.72. The Morgan fingerprint density at radius 1 is 1.24 bits per heavy atom. The molecule has 4 nitrogen and oxygen atoms in total. The standard InChI is InChI=1S/C17H32N4/c1-4-10-20-11-7-15(8-12-20)18-14-16-9-13-21(19-16)17(5-2)6-3/h9,13,15,17-18H,4-8,10-12,14H2,1-3H3. The molecular weight excluding hydrogens is 260 g/mol. The Balaban J connectivity index is 1.74. The molecule has 1 N–H and O–H groups in total. The smallest absolute Gasteiger partial charge is 0.0762 e. The van der Waals surface area contributed by atoms with Crippen LogP contribution in [-0.4, -0.2) is 40.4 Å². The van der Waals surface area contributed by atoms with Crippen molar-refractivity contribution in [1.82, 2.24) is 20.0 Å². The van der Waals surface area contributed by atoms with Crippen molar-refractivity contribution < 1.29 is 0 Å². The van der Waals surface area contributed by atoms with E-state index in [1.807, 2.05) is 0 Å². The summed E-state index contributed by atoms with van der Waals surface area (Å²) in [7, 11) is 0. The maximum absolute atomic E-state index is 4.72. The summed E-state index contributed by atoms with van der Waals surface area (Å²) in [6, 6.07) is 3.38. The van der Waals surface area contributed by atoms with Crippen LogP contribution in [0.3, 0.4) is 0 Å². The van der Waals surface area contributed by atoms with E-state index in [4.69, 9.17) is 5.10 Å². The zero-order valence-corrected chi connectivity index (χ0v) is 14.0.